The quantitative estimate of drug-likeness (QED) is 0.535. The van der Waals surface area contributed by atoms with Crippen LogP contribution in [0.15, 0.2) is 4.90 Å². The van der Waals surface area contributed by atoms with Crippen molar-refractivity contribution in [2.75, 3.05) is 44.7 Å². The largest absolute Gasteiger partial charge is 0.396 e. The normalized spacial score (nSPS) is 12.7. The molecule has 1 unspecified atom stereocenters. The number of hydrogen-bond acceptors (Lipinski definition) is 7. The zero-order valence-corrected chi connectivity index (χ0v) is 14.8. The van der Waals surface area contributed by atoms with E-state index in [0.717, 1.165) is 9.90 Å². The second-order valence-corrected chi connectivity index (χ2v) is 6.76. The Hall–Kier alpha value is -0.760. The minimum absolute atomic E-state index is 0.0442. The first kappa shape index (κ1) is 18.3. The summed E-state index contributed by atoms with van der Waals surface area (Å²) in [5.74, 6) is 0.0229. The Kier molecular flexibility index (Phi) is 7.51. The Balaban J connectivity index is 2.92. The molecule has 0 radical (unpaired) electrons. The highest BCUT2D eigenvalue weighted by Crippen LogP contribution is 2.42. The number of thiophene rings is 1. The first-order chi connectivity index (χ1) is 9.96. The topological polar surface area (TPSA) is 73.6 Å². The molecule has 1 atom stereocenters. The lowest BCUT2D eigenvalue weighted by Crippen LogP contribution is -2.26. The smallest absolute Gasteiger partial charge is 0.177 e. The molecular weight excluding hydrogens is 308 g/mol. The first-order valence-electron chi connectivity index (χ1n) is 6.72. The summed E-state index contributed by atoms with van der Waals surface area (Å²) in [7, 11) is 3.29. The first-order valence-corrected chi connectivity index (χ1v) is 8.76. The summed E-state index contributed by atoms with van der Waals surface area (Å²) in [6, 6.07) is 0. The van der Waals surface area contributed by atoms with Crippen molar-refractivity contribution in [1.29, 1.82) is 0 Å². The van der Waals surface area contributed by atoms with Gasteiger partial charge >= 0.3 is 0 Å². The predicted molar refractivity (Wildman–Crippen MR) is 90.8 cm³/mol. The molecule has 3 N–H and O–H groups in total. The minimum Gasteiger partial charge on any atom is -0.396 e. The van der Waals surface area contributed by atoms with Crippen LogP contribution in [-0.2, 0) is 9.47 Å². The van der Waals surface area contributed by atoms with Crippen LogP contribution in [0.2, 0.25) is 0 Å². The van der Waals surface area contributed by atoms with E-state index in [9.17, 15) is 4.79 Å². The van der Waals surface area contributed by atoms with E-state index in [1.165, 1.54) is 11.3 Å². The number of anilines is 2. The lowest BCUT2D eigenvalue weighted by molar-refractivity contribution is 0.0366. The fraction of sp³-hybridized carbons (Fsp3) is 0.643. The molecule has 0 aromatic carbocycles. The van der Waals surface area contributed by atoms with Crippen molar-refractivity contribution in [2.45, 2.75) is 24.8 Å². The zero-order valence-electron chi connectivity index (χ0n) is 13.2. The number of thioether (sulfide) groups is 1. The average Bonchev–Trinajstić information content (AvgIpc) is 2.78. The van der Waals surface area contributed by atoms with Crippen molar-refractivity contribution in [1.82, 2.24) is 0 Å². The Morgan fingerprint density at radius 3 is 2.57 bits per heavy atom. The number of rotatable bonds is 9. The number of nitrogens with one attached hydrogen (secondary N) is 1. The molecule has 7 heteroatoms. The summed E-state index contributed by atoms with van der Waals surface area (Å²) in [6.07, 6.45) is 1.91. The molecule has 0 amide bonds. The number of ether oxygens (including phenoxy) is 2. The number of Topliss-reactive ketones (excluding diaryl/α,β-unsaturated/α-hetero) is 1. The van der Waals surface area contributed by atoms with Gasteiger partial charge in [-0.05, 0) is 6.26 Å². The molecule has 120 valence electrons. The van der Waals surface area contributed by atoms with Gasteiger partial charge in [0.05, 0.1) is 28.2 Å². The highest BCUT2D eigenvalue weighted by molar-refractivity contribution is 7.99. The monoisotopic (exact) mass is 332 g/mol. The van der Waals surface area contributed by atoms with E-state index < -0.39 is 0 Å². The minimum atomic E-state index is -0.0614. The van der Waals surface area contributed by atoms with Crippen LogP contribution in [0.25, 0.3) is 0 Å². The number of ketones is 1. The van der Waals surface area contributed by atoms with Crippen molar-refractivity contribution >= 4 is 39.6 Å². The molecule has 1 heterocycles. The van der Waals surface area contributed by atoms with Gasteiger partial charge in [-0.1, -0.05) is 13.8 Å². The van der Waals surface area contributed by atoms with Gasteiger partial charge in [-0.2, -0.15) is 0 Å². The van der Waals surface area contributed by atoms with Gasteiger partial charge in [0.15, 0.2) is 5.78 Å². The van der Waals surface area contributed by atoms with Crippen LogP contribution >= 0.6 is 23.1 Å². The average molecular weight is 332 g/mol. The van der Waals surface area contributed by atoms with E-state index in [4.69, 9.17) is 15.2 Å². The lowest BCUT2D eigenvalue weighted by atomic mass is 10.1. The number of methoxy groups -OCH3 is 2. The maximum Gasteiger partial charge on any atom is 0.177 e. The molecule has 1 rings (SSSR count). The third-order valence-corrected chi connectivity index (χ3v) is 5.17. The summed E-state index contributed by atoms with van der Waals surface area (Å²) in [6.45, 7) is 4.88. The van der Waals surface area contributed by atoms with E-state index in [2.05, 4.69) is 5.32 Å². The van der Waals surface area contributed by atoms with Gasteiger partial charge in [0.25, 0.3) is 0 Å². The Morgan fingerprint density at radius 1 is 1.43 bits per heavy atom. The van der Waals surface area contributed by atoms with E-state index in [1.807, 2.05) is 20.1 Å². The molecular formula is C14H24N2O3S2. The summed E-state index contributed by atoms with van der Waals surface area (Å²) >= 11 is 2.96. The fourth-order valence-corrected chi connectivity index (χ4v) is 3.93. The van der Waals surface area contributed by atoms with Gasteiger partial charge in [-0.15, -0.1) is 23.1 Å². The Morgan fingerprint density at radius 2 is 2.10 bits per heavy atom. The third kappa shape index (κ3) is 4.60. The van der Waals surface area contributed by atoms with E-state index in [-0.39, 0.29) is 17.8 Å². The van der Waals surface area contributed by atoms with Crippen LogP contribution in [0, 0.1) is 5.92 Å². The molecule has 0 aliphatic rings. The van der Waals surface area contributed by atoms with Crippen molar-refractivity contribution in [2.24, 2.45) is 5.92 Å². The summed E-state index contributed by atoms with van der Waals surface area (Å²) in [4.78, 5) is 13.8. The van der Waals surface area contributed by atoms with Crippen LogP contribution < -0.4 is 11.1 Å². The van der Waals surface area contributed by atoms with E-state index in [1.54, 1.807) is 26.0 Å². The van der Waals surface area contributed by atoms with Gasteiger partial charge in [-0.3, -0.25) is 4.79 Å². The van der Waals surface area contributed by atoms with Crippen molar-refractivity contribution in [3.63, 3.8) is 0 Å². The Bertz CT molecular complexity index is 475. The SMILES string of the molecule is COCC(CNc1sc(C(=O)C(C)C)c(N)c1SC)OC. The maximum absolute atomic E-state index is 12.2. The third-order valence-electron chi connectivity index (χ3n) is 3.03. The van der Waals surface area contributed by atoms with E-state index in [0.29, 0.717) is 23.7 Å². The summed E-state index contributed by atoms with van der Waals surface area (Å²) in [5.41, 5.74) is 6.70. The van der Waals surface area contributed by atoms with Crippen LogP contribution in [0.4, 0.5) is 10.7 Å². The molecule has 1 aromatic heterocycles. The molecule has 0 bridgehead atoms. The molecule has 0 aliphatic carbocycles. The van der Waals surface area contributed by atoms with Gasteiger partial charge in [0.2, 0.25) is 0 Å². The van der Waals surface area contributed by atoms with Gasteiger partial charge in [0, 0.05) is 26.7 Å². The molecule has 5 nitrogen and oxygen atoms in total. The standard InChI is InChI=1S/C14H24N2O3S2/c1-8(2)11(17)12-10(15)13(20-5)14(21-12)16-6-9(19-4)7-18-3/h8-9,16H,6-7,15H2,1-5H3. The second kappa shape index (κ2) is 8.63. The van der Waals surface area contributed by atoms with Crippen molar-refractivity contribution in [3.8, 4) is 0 Å². The number of carbonyl (C=O) groups excluding carboxylic acids is 1. The zero-order chi connectivity index (χ0) is 16.0. The number of hydrogen-bond donors (Lipinski definition) is 2. The second-order valence-electron chi connectivity index (χ2n) is 4.92. The molecule has 0 fully saturated rings. The highest BCUT2D eigenvalue weighted by Gasteiger charge is 2.22. The molecule has 0 saturated carbocycles. The molecule has 1 aromatic rings. The molecule has 0 aliphatic heterocycles. The number of nitrogens with two attached hydrogens (primary N) is 1. The van der Waals surface area contributed by atoms with Crippen molar-refractivity contribution < 1.29 is 14.3 Å². The molecule has 0 spiro atoms. The van der Waals surface area contributed by atoms with E-state index >= 15 is 0 Å². The highest BCUT2D eigenvalue weighted by atomic mass is 32.2. The van der Waals surface area contributed by atoms with Crippen LogP contribution in [-0.4, -0.2) is 45.5 Å². The van der Waals surface area contributed by atoms with Gasteiger partial charge in [-0.25, -0.2) is 0 Å². The summed E-state index contributed by atoms with van der Waals surface area (Å²) in [5, 5.41) is 4.23. The summed E-state index contributed by atoms with van der Waals surface area (Å²) < 4.78 is 10.4. The van der Waals surface area contributed by atoms with Crippen LogP contribution in [0.1, 0.15) is 23.5 Å². The van der Waals surface area contributed by atoms with Gasteiger partial charge < -0.3 is 20.5 Å². The predicted octanol–water partition coefficient (Wildman–Crippen LogP) is 2.96. The van der Waals surface area contributed by atoms with Crippen LogP contribution in [0.5, 0.6) is 0 Å². The molecule has 21 heavy (non-hydrogen) atoms. The van der Waals surface area contributed by atoms with Gasteiger partial charge in [0.1, 0.15) is 5.00 Å². The maximum atomic E-state index is 12.2. The lowest BCUT2D eigenvalue weighted by Gasteiger charge is -2.15. The molecule has 0 saturated heterocycles. The van der Waals surface area contributed by atoms with Crippen LogP contribution in [0.3, 0.4) is 0 Å². The number of nitrogen functional groups attached to an aromatic ring is 1. The fourth-order valence-electron chi connectivity index (χ4n) is 1.80. The van der Waals surface area contributed by atoms with Crippen molar-refractivity contribution in [3.05, 3.63) is 4.88 Å². The Labute approximate surface area is 134 Å². The number of carbonyl (C=O) groups is 1.